The topological polar surface area (TPSA) is 83.1 Å². The molecular formula is C22H27NO6. The van der Waals surface area contributed by atoms with Crippen LogP contribution in [0.2, 0.25) is 0 Å². The second-order valence-corrected chi connectivity index (χ2v) is 6.45. The van der Waals surface area contributed by atoms with Gasteiger partial charge in [0.25, 0.3) is 5.91 Å². The second-order valence-electron chi connectivity index (χ2n) is 6.45. The molecule has 0 saturated carbocycles. The highest BCUT2D eigenvalue weighted by molar-refractivity contribution is 5.96. The quantitative estimate of drug-likeness (QED) is 0.482. The molecule has 2 rings (SSSR count). The average Bonchev–Trinajstić information content (AvgIpc) is 2.71. The van der Waals surface area contributed by atoms with E-state index in [1.807, 2.05) is 13.0 Å². The van der Waals surface area contributed by atoms with Crippen molar-refractivity contribution in [3.05, 3.63) is 48.0 Å². The third kappa shape index (κ3) is 7.03. The van der Waals surface area contributed by atoms with Gasteiger partial charge in [0, 0.05) is 6.42 Å². The largest absolute Gasteiger partial charge is 0.497 e. The van der Waals surface area contributed by atoms with Crippen LogP contribution in [-0.2, 0) is 14.3 Å². The Balaban J connectivity index is 1.73. The lowest BCUT2D eigenvalue weighted by Crippen LogP contribution is -2.30. The molecule has 29 heavy (non-hydrogen) atoms. The highest BCUT2D eigenvalue weighted by Gasteiger charge is 2.19. The molecule has 0 unspecified atom stereocenters. The molecule has 156 valence electrons. The molecule has 1 amide bonds. The highest BCUT2D eigenvalue weighted by atomic mass is 16.5. The van der Waals surface area contributed by atoms with Crippen molar-refractivity contribution in [3.63, 3.8) is 0 Å². The Kier molecular flexibility index (Phi) is 8.33. The van der Waals surface area contributed by atoms with Crippen molar-refractivity contribution in [1.29, 1.82) is 0 Å². The van der Waals surface area contributed by atoms with Gasteiger partial charge in [-0.25, -0.2) is 0 Å². The molecule has 0 aliphatic heterocycles. The number of amides is 1. The van der Waals surface area contributed by atoms with E-state index < -0.39 is 18.0 Å². The first-order valence-electron chi connectivity index (χ1n) is 9.34. The number of carbonyl (C=O) groups excluding carboxylic acids is 2. The van der Waals surface area contributed by atoms with E-state index in [1.54, 1.807) is 43.5 Å². The maximum Gasteiger partial charge on any atom is 0.306 e. The molecule has 0 aliphatic rings. The number of rotatable bonds is 10. The Labute approximate surface area is 170 Å². The van der Waals surface area contributed by atoms with Gasteiger partial charge < -0.3 is 24.3 Å². The van der Waals surface area contributed by atoms with Crippen LogP contribution in [-0.4, -0.2) is 38.8 Å². The first-order valence-corrected chi connectivity index (χ1v) is 9.34. The third-order valence-electron chi connectivity index (χ3n) is 4.14. The number of esters is 1. The van der Waals surface area contributed by atoms with Crippen LogP contribution < -0.4 is 19.5 Å². The van der Waals surface area contributed by atoms with Crippen LogP contribution in [0.25, 0.3) is 0 Å². The molecule has 0 aromatic heterocycles. The summed E-state index contributed by atoms with van der Waals surface area (Å²) in [4.78, 5) is 24.3. The molecule has 7 nitrogen and oxygen atoms in total. The van der Waals surface area contributed by atoms with Gasteiger partial charge in [-0.1, -0.05) is 6.07 Å². The molecule has 2 aromatic rings. The number of methoxy groups -OCH3 is 2. The van der Waals surface area contributed by atoms with E-state index in [4.69, 9.17) is 18.9 Å². The molecule has 0 spiro atoms. The Hall–Kier alpha value is -3.22. The van der Waals surface area contributed by atoms with Crippen LogP contribution in [0.5, 0.6) is 17.2 Å². The van der Waals surface area contributed by atoms with Crippen LogP contribution in [0.4, 0.5) is 5.69 Å². The van der Waals surface area contributed by atoms with Gasteiger partial charge in [-0.3, -0.25) is 9.59 Å². The minimum Gasteiger partial charge on any atom is -0.497 e. The van der Waals surface area contributed by atoms with E-state index in [0.29, 0.717) is 30.2 Å². The number of benzene rings is 2. The van der Waals surface area contributed by atoms with Crippen molar-refractivity contribution in [2.75, 3.05) is 26.1 Å². The average molecular weight is 401 g/mol. The van der Waals surface area contributed by atoms with E-state index in [0.717, 1.165) is 11.3 Å². The smallest absolute Gasteiger partial charge is 0.306 e. The molecule has 0 bridgehead atoms. The fourth-order valence-corrected chi connectivity index (χ4v) is 2.54. The third-order valence-corrected chi connectivity index (χ3v) is 4.14. The summed E-state index contributed by atoms with van der Waals surface area (Å²) in [7, 11) is 3.12. The SMILES string of the molecule is COc1ccc(OCCCC(=O)O[C@H](C)C(=O)Nc2cc(C)ccc2OC)cc1. The lowest BCUT2D eigenvalue weighted by molar-refractivity contribution is -0.153. The molecule has 0 aliphatic carbocycles. The molecule has 0 saturated heterocycles. The molecule has 0 fully saturated rings. The maximum absolute atomic E-state index is 12.3. The number of nitrogens with one attached hydrogen (secondary N) is 1. The number of hydrogen-bond acceptors (Lipinski definition) is 6. The fourth-order valence-electron chi connectivity index (χ4n) is 2.54. The van der Waals surface area contributed by atoms with Gasteiger partial charge in [-0.2, -0.15) is 0 Å². The van der Waals surface area contributed by atoms with Crippen molar-refractivity contribution >= 4 is 17.6 Å². The van der Waals surface area contributed by atoms with E-state index in [-0.39, 0.29) is 6.42 Å². The van der Waals surface area contributed by atoms with E-state index >= 15 is 0 Å². The minimum absolute atomic E-state index is 0.154. The summed E-state index contributed by atoms with van der Waals surface area (Å²) in [5, 5.41) is 2.73. The first-order chi connectivity index (χ1) is 13.9. The molecule has 7 heteroatoms. The monoisotopic (exact) mass is 401 g/mol. The van der Waals surface area contributed by atoms with Gasteiger partial charge in [-0.15, -0.1) is 0 Å². The van der Waals surface area contributed by atoms with Crippen LogP contribution in [0, 0.1) is 6.92 Å². The van der Waals surface area contributed by atoms with Crippen molar-refractivity contribution in [1.82, 2.24) is 0 Å². The summed E-state index contributed by atoms with van der Waals surface area (Å²) in [6.07, 6.45) is -0.290. The van der Waals surface area contributed by atoms with E-state index in [9.17, 15) is 9.59 Å². The molecular weight excluding hydrogens is 374 g/mol. The van der Waals surface area contributed by atoms with Crippen molar-refractivity contribution in [3.8, 4) is 17.2 Å². The van der Waals surface area contributed by atoms with Crippen LogP contribution >= 0.6 is 0 Å². The Morgan fingerprint density at radius 1 is 1.00 bits per heavy atom. The van der Waals surface area contributed by atoms with Gasteiger partial charge in [0.05, 0.1) is 26.5 Å². The molecule has 0 radical (unpaired) electrons. The summed E-state index contributed by atoms with van der Waals surface area (Å²) in [6, 6.07) is 12.6. The van der Waals surface area contributed by atoms with Gasteiger partial charge in [0.2, 0.25) is 0 Å². The first kappa shape index (κ1) is 22.1. The zero-order chi connectivity index (χ0) is 21.2. The van der Waals surface area contributed by atoms with E-state index in [2.05, 4.69) is 5.32 Å². The van der Waals surface area contributed by atoms with Gasteiger partial charge in [0.15, 0.2) is 6.10 Å². The van der Waals surface area contributed by atoms with Crippen LogP contribution in [0.3, 0.4) is 0 Å². The summed E-state index contributed by atoms with van der Waals surface area (Å²) in [5.41, 5.74) is 1.51. The molecule has 1 N–H and O–H groups in total. The fraction of sp³-hybridized carbons (Fsp3) is 0.364. The summed E-state index contributed by atoms with van der Waals surface area (Å²) in [6.45, 7) is 3.80. The van der Waals surface area contributed by atoms with Crippen LogP contribution in [0.1, 0.15) is 25.3 Å². The predicted molar refractivity (Wildman–Crippen MR) is 110 cm³/mol. The lowest BCUT2D eigenvalue weighted by atomic mass is 10.2. The number of aryl methyl sites for hydroxylation is 1. The predicted octanol–water partition coefficient (Wildman–Crippen LogP) is 3.74. The molecule has 0 heterocycles. The zero-order valence-corrected chi connectivity index (χ0v) is 17.2. The second kappa shape index (κ2) is 10.9. The standard InChI is InChI=1S/C22H27NO6/c1-15-7-12-20(27-4)19(14-15)23-22(25)16(2)29-21(24)6-5-13-28-18-10-8-17(26-3)9-11-18/h7-12,14,16H,5-6,13H2,1-4H3,(H,23,25)/t16-/m1/s1. The van der Waals surface area contributed by atoms with Gasteiger partial charge in [-0.05, 0) is 62.2 Å². The maximum atomic E-state index is 12.3. The van der Waals surface area contributed by atoms with Gasteiger partial charge in [0.1, 0.15) is 17.2 Å². The Morgan fingerprint density at radius 2 is 1.69 bits per heavy atom. The lowest BCUT2D eigenvalue weighted by Gasteiger charge is -2.15. The van der Waals surface area contributed by atoms with Gasteiger partial charge >= 0.3 is 5.97 Å². The number of carbonyl (C=O) groups is 2. The number of anilines is 1. The molecule has 1 atom stereocenters. The van der Waals surface area contributed by atoms with Crippen molar-refractivity contribution < 1.29 is 28.5 Å². The summed E-state index contributed by atoms with van der Waals surface area (Å²) >= 11 is 0. The number of ether oxygens (including phenoxy) is 4. The normalized spacial score (nSPS) is 11.3. The Morgan fingerprint density at radius 3 is 2.34 bits per heavy atom. The van der Waals surface area contributed by atoms with Crippen molar-refractivity contribution in [2.45, 2.75) is 32.8 Å². The summed E-state index contributed by atoms with van der Waals surface area (Å²) < 4.78 is 21.1. The highest BCUT2D eigenvalue weighted by Crippen LogP contribution is 2.25. The van der Waals surface area contributed by atoms with E-state index in [1.165, 1.54) is 14.0 Å². The minimum atomic E-state index is -0.921. The number of hydrogen-bond donors (Lipinski definition) is 1. The zero-order valence-electron chi connectivity index (χ0n) is 17.2. The van der Waals surface area contributed by atoms with Crippen LogP contribution in [0.15, 0.2) is 42.5 Å². The van der Waals surface area contributed by atoms with Crippen molar-refractivity contribution in [2.24, 2.45) is 0 Å². The molecule has 2 aromatic carbocycles. The summed E-state index contributed by atoms with van der Waals surface area (Å²) in [5.74, 6) is 1.10. The Bertz CT molecular complexity index is 819.